The first-order chi connectivity index (χ1) is 14.0. The summed E-state index contributed by atoms with van der Waals surface area (Å²) < 4.78 is 5.12. The number of carbonyl (C=O) groups excluding carboxylic acids is 2. The first-order valence-corrected chi connectivity index (χ1v) is 11.3. The van der Waals surface area contributed by atoms with E-state index in [-0.39, 0.29) is 16.9 Å². The molecule has 2 atom stereocenters. The van der Waals surface area contributed by atoms with Crippen LogP contribution in [0, 0.1) is 17.3 Å². The SMILES string of the molecule is CCOC(=O)N1CCN(C(=O)C23CC4CC(C2)CC(c2ccccc2)(C4)C3)CC1. The normalized spacial score (nSPS) is 35.6. The maximum absolute atomic E-state index is 13.8. The molecule has 5 heteroatoms. The van der Waals surface area contributed by atoms with E-state index in [1.54, 1.807) is 4.90 Å². The van der Waals surface area contributed by atoms with Gasteiger partial charge in [-0.1, -0.05) is 30.3 Å². The van der Waals surface area contributed by atoms with Crippen LogP contribution in [0.4, 0.5) is 4.79 Å². The summed E-state index contributed by atoms with van der Waals surface area (Å²) in [5.41, 5.74) is 1.44. The van der Waals surface area contributed by atoms with E-state index in [1.165, 1.54) is 24.8 Å². The van der Waals surface area contributed by atoms with Gasteiger partial charge in [0, 0.05) is 26.2 Å². The Morgan fingerprint density at radius 2 is 1.59 bits per heavy atom. The third-order valence-corrected chi connectivity index (χ3v) is 7.99. The van der Waals surface area contributed by atoms with Crippen molar-refractivity contribution in [1.29, 1.82) is 0 Å². The molecule has 2 unspecified atom stereocenters. The maximum atomic E-state index is 13.8. The first kappa shape index (κ1) is 19.0. The minimum atomic E-state index is -0.252. The Hall–Kier alpha value is -2.04. The number of carbonyl (C=O) groups is 2. The second-order valence-electron chi connectivity index (χ2n) is 9.87. The summed E-state index contributed by atoms with van der Waals surface area (Å²) >= 11 is 0. The van der Waals surface area contributed by atoms with Crippen molar-refractivity contribution in [3.63, 3.8) is 0 Å². The lowest BCUT2D eigenvalue weighted by atomic mass is 9.42. The number of nitrogens with zero attached hydrogens (tertiary/aromatic N) is 2. The molecule has 0 aromatic heterocycles. The summed E-state index contributed by atoms with van der Waals surface area (Å²) in [5.74, 6) is 1.72. The predicted molar refractivity (Wildman–Crippen MR) is 110 cm³/mol. The molecule has 6 rings (SSSR count). The van der Waals surface area contributed by atoms with E-state index in [2.05, 4.69) is 30.3 Å². The molecule has 5 nitrogen and oxygen atoms in total. The highest BCUT2D eigenvalue weighted by molar-refractivity contribution is 5.84. The molecule has 1 aliphatic heterocycles. The van der Waals surface area contributed by atoms with Crippen LogP contribution < -0.4 is 0 Å². The van der Waals surface area contributed by atoms with Crippen LogP contribution in [-0.2, 0) is 14.9 Å². The standard InChI is InChI=1S/C24H32N2O3/c1-2-29-22(28)26-10-8-25(9-11-26)21(27)24-15-18-12-19(16-24)14-23(13-18,17-24)20-6-4-3-5-7-20/h3-7,18-19H,2,8-17H2,1H3. The van der Waals surface area contributed by atoms with Crippen molar-refractivity contribution in [3.8, 4) is 0 Å². The van der Waals surface area contributed by atoms with Gasteiger partial charge >= 0.3 is 6.09 Å². The topological polar surface area (TPSA) is 49.9 Å². The molecule has 156 valence electrons. The third-order valence-electron chi connectivity index (χ3n) is 7.99. The van der Waals surface area contributed by atoms with Crippen molar-refractivity contribution in [1.82, 2.24) is 9.80 Å². The van der Waals surface area contributed by atoms with Crippen LogP contribution in [0.5, 0.6) is 0 Å². The molecule has 29 heavy (non-hydrogen) atoms. The van der Waals surface area contributed by atoms with Crippen LogP contribution >= 0.6 is 0 Å². The molecular formula is C24H32N2O3. The van der Waals surface area contributed by atoms with Gasteiger partial charge in [-0.3, -0.25) is 4.79 Å². The van der Waals surface area contributed by atoms with Crippen molar-refractivity contribution in [2.75, 3.05) is 32.8 Å². The molecule has 1 aromatic carbocycles. The Balaban J connectivity index is 1.35. The molecule has 4 aliphatic carbocycles. The average molecular weight is 397 g/mol. The number of piperazine rings is 1. The van der Waals surface area contributed by atoms with E-state index in [0.29, 0.717) is 50.5 Å². The van der Waals surface area contributed by atoms with Gasteiger partial charge in [-0.05, 0) is 68.3 Å². The molecule has 1 saturated heterocycles. The third kappa shape index (κ3) is 3.13. The van der Waals surface area contributed by atoms with Crippen molar-refractivity contribution in [3.05, 3.63) is 35.9 Å². The van der Waals surface area contributed by atoms with Crippen molar-refractivity contribution in [2.45, 2.75) is 50.9 Å². The van der Waals surface area contributed by atoms with Gasteiger partial charge in [0.05, 0.1) is 12.0 Å². The summed E-state index contributed by atoms with van der Waals surface area (Å²) in [6.07, 6.45) is 6.69. The summed E-state index contributed by atoms with van der Waals surface area (Å²) in [4.78, 5) is 29.6. The highest BCUT2D eigenvalue weighted by atomic mass is 16.6. The minimum Gasteiger partial charge on any atom is -0.450 e. The largest absolute Gasteiger partial charge is 0.450 e. The molecule has 1 heterocycles. The zero-order valence-electron chi connectivity index (χ0n) is 17.4. The molecule has 5 fully saturated rings. The van der Waals surface area contributed by atoms with Crippen molar-refractivity contribution in [2.24, 2.45) is 17.3 Å². The number of rotatable bonds is 3. The minimum absolute atomic E-state index is 0.188. The van der Waals surface area contributed by atoms with Crippen LogP contribution in [0.1, 0.15) is 51.0 Å². The smallest absolute Gasteiger partial charge is 0.409 e. The molecule has 0 spiro atoms. The summed E-state index contributed by atoms with van der Waals surface area (Å²) in [5, 5.41) is 0. The van der Waals surface area contributed by atoms with Gasteiger partial charge < -0.3 is 14.5 Å². The molecular weight excluding hydrogens is 364 g/mol. The molecule has 4 bridgehead atoms. The van der Waals surface area contributed by atoms with E-state index >= 15 is 0 Å². The van der Waals surface area contributed by atoms with Crippen molar-refractivity contribution >= 4 is 12.0 Å². The van der Waals surface area contributed by atoms with Crippen LogP contribution in [0.15, 0.2) is 30.3 Å². The van der Waals surface area contributed by atoms with Gasteiger partial charge in [0.15, 0.2) is 0 Å². The quantitative estimate of drug-likeness (QED) is 0.780. The highest BCUT2D eigenvalue weighted by Crippen LogP contribution is 2.66. The van der Waals surface area contributed by atoms with Crippen LogP contribution in [-0.4, -0.2) is 54.6 Å². The Kier molecular flexibility index (Phi) is 4.60. The van der Waals surface area contributed by atoms with Crippen molar-refractivity contribution < 1.29 is 14.3 Å². The van der Waals surface area contributed by atoms with E-state index in [9.17, 15) is 9.59 Å². The molecule has 1 aromatic rings. The lowest BCUT2D eigenvalue weighted by molar-refractivity contribution is -0.161. The summed E-state index contributed by atoms with van der Waals surface area (Å²) in [6, 6.07) is 11.0. The Morgan fingerprint density at radius 1 is 0.966 bits per heavy atom. The summed E-state index contributed by atoms with van der Waals surface area (Å²) in [7, 11) is 0. The van der Waals surface area contributed by atoms with E-state index in [0.717, 1.165) is 19.3 Å². The number of ether oxygens (including phenoxy) is 1. The highest BCUT2D eigenvalue weighted by Gasteiger charge is 2.61. The molecule has 4 saturated carbocycles. The number of amides is 2. The molecule has 2 amide bonds. The maximum Gasteiger partial charge on any atom is 0.409 e. The zero-order valence-corrected chi connectivity index (χ0v) is 17.4. The lowest BCUT2D eigenvalue weighted by Crippen LogP contribution is -2.61. The second kappa shape index (κ2) is 7.03. The van der Waals surface area contributed by atoms with E-state index in [4.69, 9.17) is 4.74 Å². The molecule has 5 aliphatic rings. The monoisotopic (exact) mass is 396 g/mol. The number of benzene rings is 1. The fourth-order valence-electron chi connectivity index (χ4n) is 7.28. The first-order valence-electron chi connectivity index (χ1n) is 11.3. The van der Waals surface area contributed by atoms with Gasteiger partial charge in [-0.25, -0.2) is 4.79 Å². The average Bonchev–Trinajstić information content (AvgIpc) is 2.73. The number of hydrogen-bond acceptors (Lipinski definition) is 3. The lowest BCUT2D eigenvalue weighted by Gasteiger charge is -2.62. The molecule has 0 radical (unpaired) electrons. The Morgan fingerprint density at radius 3 is 2.21 bits per heavy atom. The fourth-order valence-corrected chi connectivity index (χ4v) is 7.28. The van der Waals surface area contributed by atoms with E-state index < -0.39 is 0 Å². The van der Waals surface area contributed by atoms with Crippen LogP contribution in [0.25, 0.3) is 0 Å². The van der Waals surface area contributed by atoms with Crippen LogP contribution in [0.3, 0.4) is 0 Å². The Labute approximate surface area is 173 Å². The van der Waals surface area contributed by atoms with Gasteiger partial charge in [-0.15, -0.1) is 0 Å². The second-order valence-corrected chi connectivity index (χ2v) is 9.87. The van der Waals surface area contributed by atoms with Gasteiger partial charge in [0.1, 0.15) is 0 Å². The molecule has 0 N–H and O–H groups in total. The number of hydrogen-bond donors (Lipinski definition) is 0. The van der Waals surface area contributed by atoms with Gasteiger partial charge in [0.25, 0.3) is 0 Å². The van der Waals surface area contributed by atoms with Gasteiger partial charge in [-0.2, -0.15) is 0 Å². The zero-order chi connectivity index (χ0) is 20.1. The summed E-state index contributed by atoms with van der Waals surface area (Å²) in [6.45, 7) is 4.65. The van der Waals surface area contributed by atoms with Gasteiger partial charge in [0.2, 0.25) is 5.91 Å². The Bertz CT molecular complexity index is 771. The van der Waals surface area contributed by atoms with E-state index in [1.807, 2.05) is 11.8 Å². The fraction of sp³-hybridized carbons (Fsp3) is 0.667. The predicted octanol–water partition coefficient (Wildman–Crippen LogP) is 3.83. The van der Waals surface area contributed by atoms with Crippen LogP contribution in [0.2, 0.25) is 0 Å².